The van der Waals surface area contributed by atoms with Crippen LogP contribution in [0, 0.1) is 0 Å². The molecule has 0 amide bonds. The third-order valence-electron chi connectivity index (χ3n) is 5.87. The molecule has 1 aromatic carbocycles. The van der Waals surface area contributed by atoms with Crippen molar-refractivity contribution in [3.05, 3.63) is 42.0 Å². The van der Waals surface area contributed by atoms with E-state index in [1.54, 1.807) is 0 Å². The molecule has 10 heteroatoms. The van der Waals surface area contributed by atoms with Gasteiger partial charge in [0.05, 0.1) is 35.9 Å². The highest BCUT2D eigenvalue weighted by Gasteiger charge is 2.34. The highest BCUT2D eigenvalue weighted by Crippen LogP contribution is 2.36. The highest BCUT2D eigenvalue weighted by molar-refractivity contribution is 5.77. The molecule has 1 aliphatic heterocycles. The van der Waals surface area contributed by atoms with Gasteiger partial charge in [-0.2, -0.15) is 13.2 Å². The third kappa shape index (κ3) is 6.34. The maximum absolute atomic E-state index is 12.8. The highest BCUT2D eigenvalue weighted by atomic mass is 19.4. The van der Waals surface area contributed by atoms with Crippen LogP contribution in [-0.4, -0.2) is 46.8 Å². The normalized spacial score (nSPS) is 15.8. The Morgan fingerprint density at radius 1 is 1.24 bits per heavy atom. The number of nitrogens with one attached hydrogen (secondary N) is 1. The number of rotatable bonds is 9. The van der Waals surface area contributed by atoms with Crippen LogP contribution in [0.15, 0.2) is 30.6 Å². The van der Waals surface area contributed by atoms with Crippen LogP contribution in [0.2, 0.25) is 0 Å². The molecule has 1 saturated heterocycles. The summed E-state index contributed by atoms with van der Waals surface area (Å²) in [6.07, 6.45) is -0.0277. The summed E-state index contributed by atoms with van der Waals surface area (Å²) in [5, 5.41) is 12.4. The molecule has 0 saturated carbocycles. The Morgan fingerprint density at radius 2 is 1.91 bits per heavy atom. The van der Waals surface area contributed by atoms with E-state index >= 15 is 0 Å². The molecule has 33 heavy (non-hydrogen) atoms. The molecule has 1 unspecified atom stereocenters. The fourth-order valence-corrected chi connectivity index (χ4v) is 4.18. The van der Waals surface area contributed by atoms with Gasteiger partial charge in [0.1, 0.15) is 0 Å². The van der Waals surface area contributed by atoms with E-state index in [4.69, 9.17) is 4.74 Å². The molecule has 0 bridgehead atoms. The number of ether oxygens (including phenoxy) is 1. The molecule has 7 nitrogen and oxygen atoms in total. The van der Waals surface area contributed by atoms with Gasteiger partial charge in [0.25, 0.3) is 0 Å². The zero-order valence-corrected chi connectivity index (χ0v) is 18.7. The molecule has 0 aliphatic carbocycles. The molecule has 1 aliphatic rings. The Balaban J connectivity index is 1.98. The average Bonchev–Trinajstić information content (AvgIpc) is 2.79. The number of carboxylic acid groups (broad SMARTS) is 1. The van der Waals surface area contributed by atoms with Crippen LogP contribution in [0.4, 0.5) is 30.2 Å². The van der Waals surface area contributed by atoms with Gasteiger partial charge in [0, 0.05) is 25.8 Å². The first-order valence-electron chi connectivity index (χ1n) is 11.1. The van der Waals surface area contributed by atoms with Gasteiger partial charge in [-0.05, 0) is 49.8 Å². The fourth-order valence-electron chi connectivity index (χ4n) is 4.18. The van der Waals surface area contributed by atoms with E-state index < -0.39 is 18.0 Å². The number of benzene rings is 1. The molecule has 0 radical (unpaired) electrons. The lowest BCUT2D eigenvalue weighted by molar-refractivity contribution is -0.145. The largest absolute Gasteiger partial charge is 0.481 e. The molecule has 1 atom stereocenters. The first kappa shape index (κ1) is 24.8. The second-order valence-corrected chi connectivity index (χ2v) is 8.03. The predicted octanol–water partition coefficient (Wildman–Crippen LogP) is 5.21. The van der Waals surface area contributed by atoms with Crippen LogP contribution in [-0.2, 0) is 15.7 Å². The summed E-state index contributed by atoms with van der Waals surface area (Å²) >= 11 is 0. The lowest BCUT2D eigenvalue weighted by Gasteiger charge is -2.37. The number of halogens is 3. The van der Waals surface area contributed by atoms with E-state index in [2.05, 4.69) is 20.2 Å². The molecular weight excluding hydrogens is 437 g/mol. The molecular formula is C23H29F3N4O3. The van der Waals surface area contributed by atoms with Crippen molar-refractivity contribution in [3.63, 3.8) is 0 Å². The number of carboxylic acids is 1. The summed E-state index contributed by atoms with van der Waals surface area (Å²) in [7, 11) is 0. The van der Waals surface area contributed by atoms with Crippen molar-refractivity contribution in [3.8, 4) is 0 Å². The zero-order chi connectivity index (χ0) is 24.0. The minimum Gasteiger partial charge on any atom is -0.481 e. The smallest absolute Gasteiger partial charge is 0.451 e. The molecule has 3 rings (SSSR count). The number of alkyl halides is 3. The lowest BCUT2D eigenvalue weighted by atomic mass is 9.92. The van der Waals surface area contributed by atoms with Gasteiger partial charge in [0.2, 0.25) is 5.82 Å². The average molecular weight is 467 g/mol. The number of nitrogens with zero attached hydrogens (tertiary/aromatic N) is 3. The van der Waals surface area contributed by atoms with Crippen LogP contribution in [0.1, 0.15) is 56.8 Å². The Bertz CT molecular complexity index is 932. The van der Waals surface area contributed by atoms with Crippen LogP contribution in [0.5, 0.6) is 0 Å². The molecule has 180 valence electrons. The number of aromatic nitrogens is 2. The maximum atomic E-state index is 12.8. The zero-order valence-electron chi connectivity index (χ0n) is 18.7. The summed E-state index contributed by atoms with van der Waals surface area (Å²) in [4.78, 5) is 20.4. The number of hydrogen-bond donors (Lipinski definition) is 2. The van der Waals surface area contributed by atoms with Gasteiger partial charge < -0.3 is 20.1 Å². The van der Waals surface area contributed by atoms with Crippen LogP contribution < -0.4 is 10.2 Å². The van der Waals surface area contributed by atoms with Gasteiger partial charge in [0.15, 0.2) is 0 Å². The van der Waals surface area contributed by atoms with Crippen molar-refractivity contribution in [1.82, 2.24) is 9.97 Å². The van der Waals surface area contributed by atoms with Gasteiger partial charge in [-0.1, -0.05) is 13.0 Å². The quantitative estimate of drug-likeness (QED) is 0.524. The van der Waals surface area contributed by atoms with E-state index in [0.717, 1.165) is 43.0 Å². The Morgan fingerprint density at radius 3 is 2.45 bits per heavy atom. The minimum atomic E-state index is -4.61. The topological polar surface area (TPSA) is 87.6 Å². The molecule has 2 aromatic rings. The summed E-state index contributed by atoms with van der Waals surface area (Å²) in [5.41, 5.74) is 2.73. The van der Waals surface area contributed by atoms with E-state index in [0.29, 0.717) is 31.0 Å². The van der Waals surface area contributed by atoms with Crippen molar-refractivity contribution >= 4 is 23.0 Å². The molecule has 0 spiro atoms. The number of carbonyl (C=O) groups is 1. The predicted molar refractivity (Wildman–Crippen MR) is 119 cm³/mol. The summed E-state index contributed by atoms with van der Waals surface area (Å²) < 4.78 is 44.0. The van der Waals surface area contributed by atoms with Crippen molar-refractivity contribution < 1.29 is 27.8 Å². The van der Waals surface area contributed by atoms with E-state index in [-0.39, 0.29) is 18.4 Å². The summed E-state index contributed by atoms with van der Waals surface area (Å²) in [5.74, 6) is -2.26. The molecule has 2 heterocycles. The standard InChI is InChI=1S/C23H29F3N4O3/c1-3-15(12-21(31)32)16-5-6-20(30(4-2)18-7-9-33-10-8-18)19(11-16)29-17-13-27-22(28-14-17)23(24,25)26/h5-6,11,13-15,18,29H,3-4,7-10,12H2,1-2H3,(H,31,32). The maximum Gasteiger partial charge on any atom is 0.451 e. The van der Waals surface area contributed by atoms with Crippen molar-refractivity contribution in [2.75, 3.05) is 30.0 Å². The number of aliphatic carboxylic acids is 1. The number of hydrogen-bond acceptors (Lipinski definition) is 6. The molecule has 1 aromatic heterocycles. The van der Waals surface area contributed by atoms with Gasteiger partial charge in [-0.25, -0.2) is 9.97 Å². The van der Waals surface area contributed by atoms with Crippen molar-refractivity contribution in [1.29, 1.82) is 0 Å². The van der Waals surface area contributed by atoms with Crippen LogP contribution in [0.25, 0.3) is 0 Å². The summed E-state index contributed by atoms with van der Waals surface area (Å²) in [6.45, 7) is 6.05. The lowest BCUT2D eigenvalue weighted by Crippen LogP contribution is -2.39. The van der Waals surface area contributed by atoms with Crippen LogP contribution >= 0.6 is 0 Å². The van der Waals surface area contributed by atoms with Crippen molar-refractivity contribution in [2.45, 2.75) is 57.7 Å². The second-order valence-electron chi connectivity index (χ2n) is 8.03. The SMILES string of the molecule is CCC(CC(=O)O)c1ccc(N(CC)C2CCOCC2)c(Nc2cnc(C(F)(F)F)nc2)c1. The van der Waals surface area contributed by atoms with E-state index in [1.165, 1.54) is 0 Å². The third-order valence-corrected chi connectivity index (χ3v) is 5.87. The minimum absolute atomic E-state index is 0.00384. The number of anilines is 3. The molecule has 1 fully saturated rings. The first-order valence-corrected chi connectivity index (χ1v) is 11.1. The van der Waals surface area contributed by atoms with Crippen LogP contribution in [0.3, 0.4) is 0 Å². The Kier molecular flexibility index (Phi) is 8.12. The molecule has 2 N–H and O–H groups in total. The second kappa shape index (κ2) is 10.8. The van der Waals surface area contributed by atoms with Gasteiger partial charge in [-0.15, -0.1) is 0 Å². The Labute approximate surface area is 191 Å². The van der Waals surface area contributed by atoms with Gasteiger partial charge >= 0.3 is 12.1 Å². The van der Waals surface area contributed by atoms with Gasteiger partial charge in [-0.3, -0.25) is 4.79 Å². The Hall–Kier alpha value is -2.88. The monoisotopic (exact) mass is 466 g/mol. The fraction of sp³-hybridized carbons (Fsp3) is 0.522. The van der Waals surface area contributed by atoms with E-state index in [9.17, 15) is 23.1 Å². The first-order chi connectivity index (χ1) is 15.7. The van der Waals surface area contributed by atoms with Crippen molar-refractivity contribution in [2.24, 2.45) is 0 Å². The summed E-state index contributed by atoms with van der Waals surface area (Å²) in [6, 6.07) is 6.03. The van der Waals surface area contributed by atoms with E-state index in [1.807, 2.05) is 32.0 Å².